The van der Waals surface area contributed by atoms with Crippen LogP contribution in [0.3, 0.4) is 0 Å². The molecule has 0 aliphatic rings. The number of ether oxygens (including phenoxy) is 1. The minimum Gasteiger partial charge on any atom is -0.434 e. The van der Waals surface area contributed by atoms with Gasteiger partial charge in [0.05, 0.1) is 5.56 Å². The molecule has 0 bridgehead atoms. The van der Waals surface area contributed by atoms with Crippen LogP contribution in [0.25, 0.3) is 0 Å². The van der Waals surface area contributed by atoms with E-state index in [0.717, 1.165) is 12.3 Å². The Kier molecular flexibility index (Phi) is 3.13. The summed E-state index contributed by atoms with van der Waals surface area (Å²) in [5.74, 6) is -0.273. The van der Waals surface area contributed by atoms with Gasteiger partial charge in [-0.2, -0.15) is 8.78 Å². The quantitative estimate of drug-likeness (QED) is 0.713. The Hall–Kier alpha value is -1.23. The summed E-state index contributed by atoms with van der Waals surface area (Å²) in [4.78, 5) is 14.2. The summed E-state index contributed by atoms with van der Waals surface area (Å²) in [5, 5.41) is -0.885. The van der Waals surface area contributed by atoms with Crippen molar-refractivity contribution in [3.63, 3.8) is 0 Å². The molecule has 0 aromatic carbocycles. The predicted molar refractivity (Wildman–Crippen MR) is 41.1 cm³/mol. The molecule has 0 unspecified atom stereocenters. The van der Waals surface area contributed by atoms with Gasteiger partial charge in [-0.1, -0.05) is 0 Å². The highest BCUT2D eigenvalue weighted by Crippen LogP contribution is 2.20. The second-order valence-corrected chi connectivity index (χ2v) is 2.37. The lowest BCUT2D eigenvalue weighted by atomic mass is 10.3. The monoisotopic (exact) mass is 207 g/mol. The van der Waals surface area contributed by atoms with Crippen LogP contribution in [0, 0.1) is 0 Å². The molecule has 0 amide bonds. The van der Waals surface area contributed by atoms with E-state index in [1.807, 2.05) is 0 Å². The average molecular weight is 208 g/mol. The fraction of sp³-hybridized carbons (Fsp3) is 0.143. The predicted octanol–water partition coefficient (Wildman–Crippen LogP) is 2.06. The lowest BCUT2D eigenvalue weighted by molar-refractivity contribution is -0.0501. The number of carbonyl (C=O) groups excluding carboxylic acids is 1. The van der Waals surface area contributed by atoms with E-state index in [1.165, 1.54) is 6.20 Å². The maximum atomic E-state index is 11.8. The number of aromatic nitrogens is 1. The van der Waals surface area contributed by atoms with Gasteiger partial charge in [-0.15, -0.1) is 0 Å². The molecule has 13 heavy (non-hydrogen) atoms. The standard InChI is InChI=1S/C7H4ClF2NO2/c8-6(12)4-3-11-2-1-5(4)13-7(9)10/h1-3,7H. The highest BCUT2D eigenvalue weighted by molar-refractivity contribution is 6.68. The number of hydrogen-bond acceptors (Lipinski definition) is 3. The van der Waals surface area contributed by atoms with Crippen molar-refractivity contribution in [2.24, 2.45) is 0 Å². The van der Waals surface area contributed by atoms with Crippen LogP contribution in [-0.2, 0) is 0 Å². The summed E-state index contributed by atoms with van der Waals surface area (Å²) in [7, 11) is 0. The van der Waals surface area contributed by atoms with Crippen molar-refractivity contribution in [3.05, 3.63) is 24.0 Å². The van der Waals surface area contributed by atoms with E-state index in [4.69, 9.17) is 11.6 Å². The number of halogens is 3. The van der Waals surface area contributed by atoms with Crippen LogP contribution in [0.4, 0.5) is 8.78 Å². The van der Waals surface area contributed by atoms with Crippen LogP contribution in [0.1, 0.15) is 10.4 Å². The number of rotatable bonds is 3. The van der Waals surface area contributed by atoms with Crippen molar-refractivity contribution in [2.75, 3.05) is 0 Å². The third kappa shape index (κ3) is 2.62. The highest BCUT2D eigenvalue weighted by atomic mass is 35.5. The molecule has 1 aromatic heterocycles. The van der Waals surface area contributed by atoms with Gasteiger partial charge >= 0.3 is 6.61 Å². The summed E-state index contributed by atoms with van der Waals surface area (Å²) in [6, 6.07) is 1.14. The molecular weight excluding hydrogens is 204 g/mol. The molecular formula is C7H4ClF2NO2. The van der Waals surface area contributed by atoms with Crippen molar-refractivity contribution >= 4 is 16.8 Å². The smallest absolute Gasteiger partial charge is 0.387 e. The van der Waals surface area contributed by atoms with Crippen LogP contribution >= 0.6 is 11.6 Å². The average Bonchev–Trinajstić information content (AvgIpc) is 2.03. The normalized spacial score (nSPS) is 10.2. The number of hydrogen-bond donors (Lipinski definition) is 0. The molecule has 0 saturated heterocycles. The topological polar surface area (TPSA) is 39.2 Å². The van der Waals surface area contributed by atoms with E-state index in [2.05, 4.69) is 9.72 Å². The van der Waals surface area contributed by atoms with Gasteiger partial charge in [-0.25, -0.2) is 0 Å². The van der Waals surface area contributed by atoms with E-state index >= 15 is 0 Å². The zero-order valence-electron chi connectivity index (χ0n) is 6.21. The van der Waals surface area contributed by atoms with Gasteiger partial charge in [0.15, 0.2) is 0 Å². The molecule has 1 heterocycles. The molecule has 0 saturated carbocycles. The van der Waals surface area contributed by atoms with Crippen molar-refractivity contribution in [3.8, 4) is 5.75 Å². The largest absolute Gasteiger partial charge is 0.434 e. The molecule has 70 valence electrons. The molecule has 0 fully saturated rings. The lowest BCUT2D eigenvalue weighted by Gasteiger charge is -2.05. The van der Waals surface area contributed by atoms with Crippen molar-refractivity contribution in [2.45, 2.75) is 6.61 Å². The number of nitrogens with zero attached hydrogens (tertiary/aromatic N) is 1. The Balaban J connectivity index is 2.98. The van der Waals surface area contributed by atoms with Crippen LogP contribution in [-0.4, -0.2) is 16.8 Å². The first-order chi connectivity index (χ1) is 6.11. The Morgan fingerprint density at radius 2 is 2.31 bits per heavy atom. The van der Waals surface area contributed by atoms with Gasteiger partial charge in [0.2, 0.25) is 0 Å². The first-order valence-corrected chi connectivity index (χ1v) is 3.57. The van der Waals surface area contributed by atoms with Gasteiger partial charge in [0.25, 0.3) is 5.24 Å². The van der Waals surface area contributed by atoms with Gasteiger partial charge in [-0.3, -0.25) is 9.78 Å². The van der Waals surface area contributed by atoms with Crippen LogP contribution < -0.4 is 4.74 Å². The molecule has 1 aromatic rings. The van der Waals surface area contributed by atoms with Crippen molar-refractivity contribution < 1.29 is 18.3 Å². The van der Waals surface area contributed by atoms with E-state index in [-0.39, 0.29) is 11.3 Å². The number of carbonyl (C=O) groups is 1. The van der Waals surface area contributed by atoms with E-state index < -0.39 is 11.9 Å². The molecule has 0 radical (unpaired) electrons. The fourth-order valence-corrected chi connectivity index (χ4v) is 0.870. The Bertz CT molecular complexity index is 319. The molecule has 3 nitrogen and oxygen atoms in total. The zero-order chi connectivity index (χ0) is 9.84. The van der Waals surface area contributed by atoms with Gasteiger partial charge < -0.3 is 4.74 Å². The van der Waals surface area contributed by atoms with Crippen LogP contribution in [0.5, 0.6) is 5.75 Å². The van der Waals surface area contributed by atoms with Crippen LogP contribution in [0.2, 0.25) is 0 Å². The van der Waals surface area contributed by atoms with Crippen LogP contribution in [0.15, 0.2) is 18.5 Å². The van der Waals surface area contributed by atoms with Gasteiger partial charge in [0.1, 0.15) is 5.75 Å². The lowest BCUT2D eigenvalue weighted by Crippen LogP contribution is -2.05. The molecule has 0 spiro atoms. The molecule has 0 N–H and O–H groups in total. The summed E-state index contributed by atoms with van der Waals surface area (Å²) in [6.07, 6.45) is 2.29. The molecule has 1 rings (SSSR count). The fourth-order valence-electron chi connectivity index (χ4n) is 0.728. The first-order valence-electron chi connectivity index (χ1n) is 3.20. The maximum absolute atomic E-state index is 11.8. The number of pyridine rings is 1. The first kappa shape index (κ1) is 9.85. The van der Waals surface area contributed by atoms with Gasteiger partial charge in [-0.05, 0) is 17.7 Å². The Morgan fingerprint density at radius 3 is 2.85 bits per heavy atom. The Labute approximate surface area is 77.3 Å². The van der Waals surface area contributed by atoms with Crippen molar-refractivity contribution in [1.29, 1.82) is 0 Å². The van der Waals surface area contributed by atoms with E-state index in [0.29, 0.717) is 0 Å². The summed E-state index contributed by atoms with van der Waals surface area (Å²) in [6.45, 7) is -2.99. The zero-order valence-corrected chi connectivity index (χ0v) is 6.96. The highest BCUT2D eigenvalue weighted by Gasteiger charge is 2.13. The second kappa shape index (κ2) is 4.13. The molecule has 6 heteroatoms. The summed E-state index contributed by atoms with van der Waals surface area (Å²) < 4.78 is 27.6. The minimum atomic E-state index is -2.99. The summed E-state index contributed by atoms with van der Waals surface area (Å²) >= 11 is 5.09. The molecule has 0 aliphatic carbocycles. The summed E-state index contributed by atoms with van der Waals surface area (Å²) in [5.41, 5.74) is -0.176. The molecule has 0 atom stereocenters. The Morgan fingerprint density at radius 1 is 1.62 bits per heavy atom. The van der Waals surface area contributed by atoms with E-state index in [1.54, 1.807) is 0 Å². The second-order valence-electron chi connectivity index (χ2n) is 2.02. The number of alkyl halides is 2. The van der Waals surface area contributed by atoms with E-state index in [9.17, 15) is 13.6 Å². The molecule has 0 aliphatic heterocycles. The third-order valence-electron chi connectivity index (χ3n) is 1.21. The minimum absolute atomic E-state index is 0.176. The SMILES string of the molecule is O=C(Cl)c1cnccc1OC(F)F. The maximum Gasteiger partial charge on any atom is 0.387 e. The van der Waals surface area contributed by atoms with Gasteiger partial charge in [0, 0.05) is 12.4 Å². The van der Waals surface area contributed by atoms with Crippen molar-refractivity contribution in [1.82, 2.24) is 4.98 Å². The third-order valence-corrected chi connectivity index (χ3v) is 1.41.